The highest BCUT2D eigenvalue weighted by atomic mass is 32.2. The molecule has 0 bridgehead atoms. The Morgan fingerprint density at radius 2 is 1.66 bits per heavy atom. The Morgan fingerprint density at radius 1 is 0.971 bits per heavy atom. The summed E-state index contributed by atoms with van der Waals surface area (Å²) < 4.78 is 28.7. The molecule has 5 rings (SSSR count). The van der Waals surface area contributed by atoms with Crippen LogP contribution in [0.3, 0.4) is 0 Å². The number of nitrogens with one attached hydrogen (secondary N) is 1. The van der Waals surface area contributed by atoms with Crippen molar-refractivity contribution in [2.24, 2.45) is 7.05 Å². The molecule has 0 saturated carbocycles. The Bertz CT molecular complexity index is 1580. The predicted octanol–water partition coefficient (Wildman–Crippen LogP) is 3.65. The zero-order chi connectivity index (χ0) is 24.9. The van der Waals surface area contributed by atoms with Crippen LogP contribution in [0.15, 0.2) is 77.7 Å². The van der Waals surface area contributed by atoms with Crippen LogP contribution < -0.4 is 5.32 Å². The summed E-state index contributed by atoms with van der Waals surface area (Å²) in [6, 6.07) is 20.2. The fraction of sp³-hybridized carbons (Fsp3) is 0.192. The van der Waals surface area contributed by atoms with Crippen LogP contribution in [0.4, 0.5) is 0 Å². The smallest absolute Gasteiger partial charge is 0.269 e. The fourth-order valence-electron chi connectivity index (χ4n) is 4.48. The van der Waals surface area contributed by atoms with Crippen LogP contribution in [0.1, 0.15) is 52.0 Å². The van der Waals surface area contributed by atoms with E-state index in [4.69, 9.17) is 4.98 Å². The number of hydrogen-bond donors (Lipinski definition) is 1. The molecule has 1 unspecified atom stereocenters. The van der Waals surface area contributed by atoms with Crippen molar-refractivity contribution in [2.75, 3.05) is 0 Å². The monoisotopic (exact) mass is 488 g/mol. The van der Waals surface area contributed by atoms with Gasteiger partial charge in [-0.3, -0.25) is 9.59 Å². The second-order valence-corrected chi connectivity index (χ2v) is 10.5. The lowest BCUT2D eigenvalue weighted by atomic mass is 10.0. The van der Waals surface area contributed by atoms with Crippen LogP contribution in [-0.2, 0) is 17.1 Å². The van der Waals surface area contributed by atoms with Gasteiger partial charge in [-0.15, -0.1) is 0 Å². The summed E-state index contributed by atoms with van der Waals surface area (Å²) in [6.07, 6.45) is 0. The number of fused-ring (bicyclic) bond motifs is 2. The third-order valence-electron chi connectivity index (χ3n) is 6.17. The minimum atomic E-state index is -4.02. The molecular weight excluding hydrogens is 464 g/mol. The number of nitrogens with zero attached hydrogens (tertiary/aromatic N) is 3. The number of aryl methyl sites for hydroxylation is 1. The van der Waals surface area contributed by atoms with E-state index in [-0.39, 0.29) is 16.0 Å². The van der Waals surface area contributed by atoms with E-state index in [1.165, 1.54) is 18.2 Å². The second kappa shape index (κ2) is 8.35. The maximum absolute atomic E-state index is 13.4. The second-order valence-electron chi connectivity index (χ2n) is 8.75. The number of carbonyl (C=O) groups is 2. The quantitative estimate of drug-likeness (QED) is 0.462. The minimum absolute atomic E-state index is 0.0743. The van der Waals surface area contributed by atoms with Gasteiger partial charge >= 0.3 is 0 Å². The summed E-state index contributed by atoms with van der Waals surface area (Å²) in [7, 11) is -2.13. The number of imidazole rings is 1. The van der Waals surface area contributed by atoms with Gasteiger partial charge in [0.05, 0.1) is 16.6 Å². The van der Waals surface area contributed by atoms with Gasteiger partial charge in [-0.05, 0) is 49.7 Å². The SMILES string of the molecule is CC(C)N1C(=O)c2ccc(C(=O)NC(c3ccccc3)c3nc4ccccc4n3C)cc2S1(=O)=O. The minimum Gasteiger partial charge on any atom is -0.338 e. The van der Waals surface area contributed by atoms with Gasteiger partial charge in [-0.1, -0.05) is 42.5 Å². The highest BCUT2D eigenvalue weighted by molar-refractivity contribution is 7.90. The van der Waals surface area contributed by atoms with Crippen LogP contribution >= 0.6 is 0 Å². The van der Waals surface area contributed by atoms with E-state index in [0.29, 0.717) is 5.82 Å². The lowest BCUT2D eigenvalue weighted by Crippen LogP contribution is -2.36. The van der Waals surface area contributed by atoms with E-state index in [9.17, 15) is 18.0 Å². The maximum Gasteiger partial charge on any atom is 0.269 e. The number of benzene rings is 3. The summed E-state index contributed by atoms with van der Waals surface area (Å²) >= 11 is 0. The van der Waals surface area contributed by atoms with Gasteiger partial charge in [0.2, 0.25) is 0 Å². The molecule has 4 aromatic rings. The van der Waals surface area contributed by atoms with Gasteiger partial charge in [-0.25, -0.2) is 17.7 Å². The number of hydrogen-bond acceptors (Lipinski definition) is 5. The van der Waals surface area contributed by atoms with E-state index < -0.39 is 33.9 Å². The van der Waals surface area contributed by atoms with E-state index in [0.717, 1.165) is 20.9 Å². The van der Waals surface area contributed by atoms with Crippen molar-refractivity contribution in [3.8, 4) is 0 Å². The summed E-state index contributed by atoms with van der Waals surface area (Å²) in [5.41, 5.74) is 2.77. The van der Waals surface area contributed by atoms with Crippen LogP contribution in [0.25, 0.3) is 11.0 Å². The molecule has 0 aliphatic carbocycles. The number of amides is 2. The molecule has 0 fully saturated rings. The van der Waals surface area contributed by atoms with Gasteiger partial charge in [0.25, 0.3) is 21.8 Å². The zero-order valence-electron chi connectivity index (χ0n) is 19.5. The first-order valence-electron chi connectivity index (χ1n) is 11.2. The van der Waals surface area contributed by atoms with Gasteiger partial charge in [-0.2, -0.15) is 0 Å². The molecule has 1 aliphatic heterocycles. The predicted molar refractivity (Wildman–Crippen MR) is 131 cm³/mol. The van der Waals surface area contributed by atoms with Gasteiger partial charge < -0.3 is 9.88 Å². The van der Waals surface area contributed by atoms with E-state index >= 15 is 0 Å². The lowest BCUT2D eigenvalue weighted by Gasteiger charge is -2.20. The number of sulfonamides is 1. The largest absolute Gasteiger partial charge is 0.338 e. The summed E-state index contributed by atoms with van der Waals surface area (Å²) in [5, 5.41) is 3.02. The average molecular weight is 489 g/mol. The summed E-state index contributed by atoms with van der Waals surface area (Å²) in [5.74, 6) is -0.413. The standard InChI is InChI=1S/C26H24N4O4S/c1-16(2)30-26(32)19-14-13-18(15-22(19)35(30,33)34)25(31)28-23(17-9-5-4-6-10-17)24-27-20-11-7-8-12-21(20)29(24)3/h4-16,23H,1-3H3,(H,28,31). The van der Waals surface area contributed by atoms with Crippen LogP contribution in [0.2, 0.25) is 0 Å². The van der Waals surface area contributed by atoms with Crippen LogP contribution in [0, 0.1) is 0 Å². The number of carbonyl (C=O) groups excluding carboxylic acids is 2. The normalized spacial score (nSPS) is 15.4. The molecule has 0 radical (unpaired) electrons. The Kier molecular flexibility index (Phi) is 5.44. The van der Waals surface area contributed by atoms with Crippen molar-refractivity contribution in [1.29, 1.82) is 0 Å². The first kappa shape index (κ1) is 22.8. The van der Waals surface area contributed by atoms with Gasteiger partial charge in [0, 0.05) is 18.7 Å². The van der Waals surface area contributed by atoms with E-state index in [1.807, 2.05) is 66.2 Å². The lowest BCUT2D eigenvalue weighted by molar-refractivity contribution is 0.0845. The maximum atomic E-state index is 13.4. The van der Waals surface area contributed by atoms with Crippen molar-refractivity contribution < 1.29 is 18.0 Å². The molecule has 1 atom stereocenters. The fourth-order valence-corrected chi connectivity index (χ4v) is 6.27. The van der Waals surface area contributed by atoms with Crippen LogP contribution in [-0.4, -0.2) is 40.1 Å². The highest BCUT2D eigenvalue weighted by Gasteiger charge is 2.43. The molecule has 2 heterocycles. The van der Waals surface area contributed by atoms with Crippen molar-refractivity contribution in [3.63, 3.8) is 0 Å². The third kappa shape index (κ3) is 3.68. The van der Waals surface area contributed by atoms with Crippen molar-refractivity contribution in [2.45, 2.75) is 30.8 Å². The average Bonchev–Trinajstić information content (AvgIpc) is 3.28. The molecule has 1 N–H and O–H groups in total. The van der Waals surface area contributed by atoms with E-state index in [1.54, 1.807) is 13.8 Å². The topological polar surface area (TPSA) is 101 Å². The van der Waals surface area contributed by atoms with Crippen molar-refractivity contribution in [1.82, 2.24) is 19.2 Å². The number of aromatic nitrogens is 2. The molecule has 35 heavy (non-hydrogen) atoms. The molecule has 1 aliphatic rings. The molecular formula is C26H24N4O4S. The Labute approximate surface area is 203 Å². The summed E-state index contributed by atoms with van der Waals surface area (Å²) in [6.45, 7) is 3.27. The Hall–Kier alpha value is -3.98. The van der Waals surface area contributed by atoms with Gasteiger partial charge in [0.1, 0.15) is 16.8 Å². The summed E-state index contributed by atoms with van der Waals surface area (Å²) in [4.78, 5) is 30.6. The molecule has 8 nitrogen and oxygen atoms in total. The molecule has 9 heteroatoms. The van der Waals surface area contributed by atoms with Crippen LogP contribution in [0.5, 0.6) is 0 Å². The first-order chi connectivity index (χ1) is 16.7. The molecule has 178 valence electrons. The Balaban J connectivity index is 1.55. The van der Waals surface area contributed by atoms with E-state index in [2.05, 4.69) is 5.32 Å². The van der Waals surface area contributed by atoms with Crippen molar-refractivity contribution in [3.05, 3.63) is 95.3 Å². The zero-order valence-corrected chi connectivity index (χ0v) is 20.3. The first-order valence-corrected chi connectivity index (χ1v) is 12.6. The van der Waals surface area contributed by atoms with Gasteiger partial charge in [0.15, 0.2) is 0 Å². The number of rotatable bonds is 5. The number of para-hydroxylation sites is 2. The molecule has 2 amide bonds. The van der Waals surface area contributed by atoms with Crippen molar-refractivity contribution >= 4 is 32.9 Å². The molecule has 1 aromatic heterocycles. The molecule has 0 saturated heterocycles. The molecule has 3 aromatic carbocycles. The third-order valence-corrected chi connectivity index (χ3v) is 8.17. The molecule has 0 spiro atoms. The highest BCUT2D eigenvalue weighted by Crippen LogP contribution is 2.33. The Morgan fingerprint density at radius 3 is 2.34 bits per heavy atom.